The van der Waals surface area contributed by atoms with Crippen LogP contribution in [0.25, 0.3) is 0 Å². The van der Waals surface area contributed by atoms with Gasteiger partial charge in [0.25, 0.3) is 0 Å². The van der Waals surface area contributed by atoms with E-state index in [2.05, 4.69) is 5.32 Å². The third-order valence-electron chi connectivity index (χ3n) is 3.07. The number of ether oxygens (including phenoxy) is 2. The van der Waals surface area contributed by atoms with Crippen molar-refractivity contribution in [2.75, 3.05) is 18.5 Å². The van der Waals surface area contributed by atoms with Gasteiger partial charge in [-0.25, -0.2) is 0 Å². The minimum atomic E-state index is 0.516. The van der Waals surface area contributed by atoms with Gasteiger partial charge in [0, 0.05) is 12.2 Å². The summed E-state index contributed by atoms with van der Waals surface area (Å²) in [6.07, 6.45) is 0. The van der Waals surface area contributed by atoms with E-state index in [4.69, 9.17) is 44.3 Å². The van der Waals surface area contributed by atoms with E-state index in [0.717, 1.165) is 11.3 Å². The van der Waals surface area contributed by atoms with E-state index in [0.29, 0.717) is 46.3 Å². The second-order valence-corrected chi connectivity index (χ2v) is 5.81. The lowest BCUT2D eigenvalue weighted by Crippen LogP contribution is -2.16. The van der Waals surface area contributed by atoms with Crippen LogP contribution in [0.5, 0.6) is 11.5 Å². The Morgan fingerprint density at radius 3 is 2.52 bits per heavy atom. The Balaban J connectivity index is 1.76. The number of nitrogens with one attached hydrogen (secondary N) is 1. The molecule has 0 bridgehead atoms. The molecular formula is C15H12Cl3NO2. The molecule has 0 spiro atoms. The largest absolute Gasteiger partial charge is 0.486 e. The summed E-state index contributed by atoms with van der Waals surface area (Å²) in [5, 5.41) is 4.87. The first-order chi connectivity index (χ1) is 10.1. The summed E-state index contributed by atoms with van der Waals surface area (Å²) in [6.45, 7) is 1.65. The number of halogens is 3. The summed E-state index contributed by atoms with van der Waals surface area (Å²) < 4.78 is 11.0. The molecule has 3 rings (SSSR count). The first-order valence-corrected chi connectivity index (χ1v) is 7.54. The van der Waals surface area contributed by atoms with Crippen LogP contribution in [0.15, 0.2) is 30.3 Å². The zero-order valence-corrected chi connectivity index (χ0v) is 13.2. The van der Waals surface area contributed by atoms with Crippen LogP contribution in [-0.2, 0) is 6.54 Å². The molecule has 2 aromatic rings. The van der Waals surface area contributed by atoms with Crippen LogP contribution in [-0.4, -0.2) is 13.2 Å². The van der Waals surface area contributed by atoms with Crippen molar-refractivity contribution in [3.05, 3.63) is 51.0 Å². The van der Waals surface area contributed by atoms with Crippen molar-refractivity contribution in [1.82, 2.24) is 0 Å². The maximum atomic E-state index is 6.20. The Morgan fingerprint density at radius 2 is 1.71 bits per heavy atom. The Labute approximate surface area is 137 Å². The monoisotopic (exact) mass is 343 g/mol. The molecule has 1 N–H and O–H groups in total. The maximum Gasteiger partial charge on any atom is 0.179 e. The Hall–Kier alpha value is -1.29. The molecule has 1 heterocycles. The van der Waals surface area contributed by atoms with Crippen molar-refractivity contribution in [1.29, 1.82) is 0 Å². The predicted molar refractivity (Wildman–Crippen MR) is 86.2 cm³/mol. The van der Waals surface area contributed by atoms with Crippen molar-refractivity contribution in [3.8, 4) is 11.5 Å². The molecule has 0 saturated carbocycles. The standard InChI is InChI=1S/C15H12Cl3NO2/c16-11-2-1-10(7-12(11)17)19-8-9-5-13(18)15-14(6-9)20-3-4-21-15/h1-2,5-7,19H,3-4,8H2. The van der Waals surface area contributed by atoms with E-state index < -0.39 is 0 Å². The first kappa shape index (κ1) is 14.6. The van der Waals surface area contributed by atoms with E-state index in [1.807, 2.05) is 18.2 Å². The van der Waals surface area contributed by atoms with Crippen LogP contribution >= 0.6 is 34.8 Å². The second-order valence-electron chi connectivity index (χ2n) is 4.58. The SMILES string of the molecule is Clc1ccc(NCc2cc(Cl)c3c(c2)OCCO3)cc1Cl. The van der Waals surface area contributed by atoms with Gasteiger partial charge < -0.3 is 14.8 Å². The molecule has 2 aromatic carbocycles. The van der Waals surface area contributed by atoms with Gasteiger partial charge in [-0.05, 0) is 35.9 Å². The smallest absolute Gasteiger partial charge is 0.179 e. The van der Waals surface area contributed by atoms with Crippen molar-refractivity contribution in [2.24, 2.45) is 0 Å². The van der Waals surface area contributed by atoms with E-state index in [1.165, 1.54) is 0 Å². The molecule has 0 fully saturated rings. The highest BCUT2D eigenvalue weighted by Gasteiger charge is 2.16. The van der Waals surface area contributed by atoms with Crippen molar-refractivity contribution < 1.29 is 9.47 Å². The molecule has 0 amide bonds. The zero-order valence-electron chi connectivity index (χ0n) is 11.0. The minimum absolute atomic E-state index is 0.516. The predicted octanol–water partition coefficient (Wildman–Crippen LogP) is 5.03. The van der Waals surface area contributed by atoms with Crippen molar-refractivity contribution in [2.45, 2.75) is 6.54 Å². The lowest BCUT2D eigenvalue weighted by atomic mass is 10.2. The van der Waals surface area contributed by atoms with Crippen molar-refractivity contribution >= 4 is 40.5 Å². The number of hydrogen-bond donors (Lipinski definition) is 1. The minimum Gasteiger partial charge on any atom is -0.486 e. The first-order valence-electron chi connectivity index (χ1n) is 6.40. The molecule has 0 radical (unpaired) electrons. The Bertz CT molecular complexity index is 676. The molecule has 3 nitrogen and oxygen atoms in total. The van der Waals surface area contributed by atoms with Crippen LogP contribution in [0.4, 0.5) is 5.69 Å². The lowest BCUT2D eigenvalue weighted by molar-refractivity contribution is 0.171. The quantitative estimate of drug-likeness (QED) is 0.847. The Morgan fingerprint density at radius 1 is 0.905 bits per heavy atom. The average molecular weight is 345 g/mol. The van der Waals surface area contributed by atoms with E-state index in [-0.39, 0.29) is 0 Å². The highest BCUT2D eigenvalue weighted by atomic mass is 35.5. The van der Waals surface area contributed by atoms with Crippen LogP contribution in [0.3, 0.4) is 0 Å². The van der Waals surface area contributed by atoms with E-state index >= 15 is 0 Å². The summed E-state index contributed by atoms with van der Waals surface area (Å²) in [6, 6.07) is 9.19. The lowest BCUT2D eigenvalue weighted by Gasteiger charge is -2.20. The highest BCUT2D eigenvalue weighted by molar-refractivity contribution is 6.42. The van der Waals surface area contributed by atoms with Gasteiger partial charge in [0.15, 0.2) is 11.5 Å². The fourth-order valence-electron chi connectivity index (χ4n) is 2.08. The summed E-state index contributed by atoms with van der Waals surface area (Å²) in [5.41, 5.74) is 1.88. The number of hydrogen-bond acceptors (Lipinski definition) is 3. The molecule has 21 heavy (non-hydrogen) atoms. The van der Waals surface area contributed by atoms with Gasteiger partial charge in [-0.15, -0.1) is 0 Å². The highest BCUT2D eigenvalue weighted by Crippen LogP contribution is 2.38. The summed E-state index contributed by atoms with van der Waals surface area (Å²) in [5.74, 6) is 1.29. The van der Waals surface area contributed by atoms with Gasteiger partial charge in [-0.2, -0.15) is 0 Å². The van der Waals surface area contributed by atoms with Gasteiger partial charge in [-0.3, -0.25) is 0 Å². The maximum absolute atomic E-state index is 6.20. The summed E-state index contributed by atoms with van der Waals surface area (Å²) in [4.78, 5) is 0. The van der Waals surface area contributed by atoms with Crippen molar-refractivity contribution in [3.63, 3.8) is 0 Å². The van der Waals surface area contributed by atoms with E-state index in [1.54, 1.807) is 12.1 Å². The number of anilines is 1. The molecule has 6 heteroatoms. The van der Waals surface area contributed by atoms with Crippen LogP contribution in [0.2, 0.25) is 15.1 Å². The molecule has 0 aromatic heterocycles. The van der Waals surface area contributed by atoms with Gasteiger partial charge in [-0.1, -0.05) is 34.8 Å². The van der Waals surface area contributed by atoms with Crippen LogP contribution < -0.4 is 14.8 Å². The third kappa shape index (κ3) is 3.31. The van der Waals surface area contributed by atoms with E-state index in [9.17, 15) is 0 Å². The molecule has 1 aliphatic heterocycles. The normalized spacial score (nSPS) is 13.1. The summed E-state index contributed by atoms with van der Waals surface area (Å²) >= 11 is 18.1. The molecule has 0 saturated heterocycles. The molecule has 110 valence electrons. The molecule has 0 unspecified atom stereocenters. The third-order valence-corrected chi connectivity index (χ3v) is 4.09. The van der Waals surface area contributed by atoms with Gasteiger partial charge >= 0.3 is 0 Å². The average Bonchev–Trinajstić information content (AvgIpc) is 2.49. The molecule has 0 aliphatic carbocycles. The van der Waals surface area contributed by atoms with Crippen LogP contribution in [0.1, 0.15) is 5.56 Å². The number of rotatable bonds is 3. The zero-order chi connectivity index (χ0) is 14.8. The molecule has 0 atom stereocenters. The number of benzene rings is 2. The second kappa shape index (κ2) is 6.22. The summed E-state index contributed by atoms with van der Waals surface area (Å²) in [7, 11) is 0. The van der Waals surface area contributed by atoms with Crippen LogP contribution in [0, 0.1) is 0 Å². The van der Waals surface area contributed by atoms with Gasteiger partial charge in [0.2, 0.25) is 0 Å². The topological polar surface area (TPSA) is 30.5 Å². The fraction of sp³-hybridized carbons (Fsp3) is 0.200. The molecule has 1 aliphatic rings. The van der Waals surface area contributed by atoms with Gasteiger partial charge in [0.05, 0.1) is 15.1 Å². The molecular weight excluding hydrogens is 333 g/mol. The fourth-order valence-corrected chi connectivity index (χ4v) is 2.66. The number of fused-ring (bicyclic) bond motifs is 1. The van der Waals surface area contributed by atoms with Gasteiger partial charge in [0.1, 0.15) is 13.2 Å². The Kier molecular flexibility index (Phi) is 4.34.